The summed E-state index contributed by atoms with van der Waals surface area (Å²) in [5.74, 6) is 0.699. The average Bonchev–Trinajstić information content (AvgIpc) is 2.59. The number of ether oxygens (including phenoxy) is 3. The van der Waals surface area contributed by atoms with Crippen LogP contribution in [0.2, 0.25) is 25.7 Å². The second kappa shape index (κ2) is 9.92. The molecule has 1 atom stereocenters. The summed E-state index contributed by atoms with van der Waals surface area (Å²) < 4.78 is 16.8. The number of nitrogens with zero attached hydrogens (tertiary/aromatic N) is 2. The highest BCUT2D eigenvalue weighted by atomic mass is 28.3. The van der Waals surface area contributed by atoms with E-state index in [1.807, 2.05) is 45.9 Å². The van der Waals surface area contributed by atoms with E-state index in [9.17, 15) is 4.79 Å². The van der Waals surface area contributed by atoms with Crippen molar-refractivity contribution in [1.29, 1.82) is 0 Å². The first kappa shape index (κ1) is 24.3. The molecule has 1 fully saturated rings. The number of hydrogen-bond donors (Lipinski definition) is 1. The number of hydrogen-bond acceptors (Lipinski definition) is 6. The number of nitrogens with two attached hydrogens (primary N) is 1. The quantitative estimate of drug-likeness (QED) is 0.295. The van der Waals surface area contributed by atoms with Crippen molar-refractivity contribution in [3.05, 3.63) is 18.2 Å². The molecule has 0 aliphatic carbocycles. The van der Waals surface area contributed by atoms with E-state index in [0.29, 0.717) is 31.1 Å². The van der Waals surface area contributed by atoms with Gasteiger partial charge in [-0.1, -0.05) is 19.6 Å². The highest BCUT2D eigenvalue weighted by Crippen LogP contribution is 2.30. The van der Waals surface area contributed by atoms with Crippen molar-refractivity contribution in [2.45, 2.75) is 65.0 Å². The van der Waals surface area contributed by atoms with E-state index >= 15 is 0 Å². The van der Waals surface area contributed by atoms with Crippen molar-refractivity contribution in [2.75, 3.05) is 43.7 Å². The number of carbonyl (C=O) groups excluding carboxylic acids is 1. The third-order valence-corrected chi connectivity index (χ3v) is 6.60. The van der Waals surface area contributed by atoms with Crippen LogP contribution in [0.4, 0.5) is 16.2 Å². The number of carbonyl (C=O) groups is 1. The summed E-state index contributed by atoms with van der Waals surface area (Å²) in [5.41, 5.74) is 7.42. The fourth-order valence-electron chi connectivity index (χ4n) is 3.23. The lowest BCUT2D eigenvalue weighted by Crippen LogP contribution is -2.55. The number of nitrogen functional groups attached to an aromatic ring is 1. The lowest BCUT2D eigenvalue weighted by Gasteiger charge is -2.41. The van der Waals surface area contributed by atoms with Crippen molar-refractivity contribution in [3.63, 3.8) is 0 Å². The van der Waals surface area contributed by atoms with Gasteiger partial charge in [0.1, 0.15) is 11.4 Å². The molecule has 170 valence electrons. The van der Waals surface area contributed by atoms with Crippen molar-refractivity contribution < 1.29 is 19.0 Å². The molecule has 30 heavy (non-hydrogen) atoms. The Kier molecular flexibility index (Phi) is 8.04. The minimum Gasteiger partial charge on any atom is -0.467 e. The summed E-state index contributed by atoms with van der Waals surface area (Å²) >= 11 is 0. The highest BCUT2D eigenvalue weighted by Gasteiger charge is 2.31. The first-order valence-electron chi connectivity index (χ1n) is 10.7. The van der Waals surface area contributed by atoms with Crippen LogP contribution in [0.25, 0.3) is 0 Å². The lowest BCUT2D eigenvalue weighted by atomic mass is 10.1. The Morgan fingerprint density at radius 3 is 2.50 bits per heavy atom. The summed E-state index contributed by atoms with van der Waals surface area (Å²) in [6.07, 6.45) is -0.263. The predicted octanol–water partition coefficient (Wildman–Crippen LogP) is 4.41. The van der Waals surface area contributed by atoms with Gasteiger partial charge in [-0.05, 0) is 45.9 Å². The SMILES string of the molecule is C[C@@H]1CN(c2ccc(OCOCC[Si](C)(C)C)cc2N)CCN1C(=O)OC(C)(C)C. The summed E-state index contributed by atoms with van der Waals surface area (Å²) in [7, 11) is -1.09. The van der Waals surface area contributed by atoms with Crippen LogP contribution in [-0.4, -0.2) is 63.7 Å². The molecule has 0 saturated carbocycles. The topological polar surface area (TPSA) is 77.3 Å². The third kappa shape index (κ3) is 7.72. The number of rotatable bonds is 7. The largest absolute Gasteiger partial charge is 0.467 e. The van der Waals surface area contributed by atoms with E-state index < -0.39 is 13.7 Å². The molecule has 8 heteroatoms. The number of anilines is 2. The van der Waals surface area contributed by atoms with Crippen LogP contribution < -0.4 is 15.4 Å². The standard InChI is InChI=1S/C22H39N3O4Si/c1-17-15-24(10-11-25(17)21(26)29-22(2,3)4)20-9-8-18(14-19(20)23)28-16-27-12-13-30(5,6)7/h8-9,14,17H,10-13,15-16,23H2,1-7H3/t17-/m1/s1. The molecule has 2 N–H and O–H groups in total. The molecule has 1 heterocycles. The first-order valence-corrected chi connectivity index (χ1v) is 14.4. The monoisotopic (exact) mass is 437 g/mol. The smallest absolute Gasteiger partial charge is 0.410 e. The Morgan fingerprint density at radius 2 is 1.93 bits per heavy atom. The first-order chi connectivity index (χ1) is 13.9. The van der Waals surface area contributed by atoms with Crippen LogP contribution in [0.3, 0.4) is 0 Å². The van der Waals surface area contributed by atoms with Gasteiger partial charge >= 0.3 is 6.09 Å². The summed E-state index contributed by atoms with van der Waals surface area (Å²) in [6, 6.07) is 6.87. The second-order valence-electron chi connectivity index (χ2n) is 10.2. The van der Waals surface area contributed by atoms with Crippen LogP contribution in [0.15, 0.2) is 18.2 Å². The van der Waals surface area contributed by atoms with E-state index in [2.05, 4.69) is 24.5 Å². The van der Waals surface area contributed by atoms with E-state index in [1.54, 1.807) is 4.90 Å². The molecule has 1 amide bonds. The lowest BCUT2D eigenvalue weighted by molar-refractivity contribution is 0.0159. The zero-order valence-electron chi connectivity index (χ0n) is 19.7. The molecule has 0 spiro atoms. The van der Waals surface area contributed by atoms with Gasteiger partial charge < -0.3 is 29.7 Å². The molecule has 1 aromatic carbocycles. The molecule has 0 bridgehead atoms. The molecule has 1 aliphatic heterocycles. The predicted molar refractivity (Wildman–Crippen MR) is 125 cm³/mol. The van der Waals surface area contributed by atoms with Crippen molar-refractivity contribution in [3.8, 4) is 5.75 Å². The van der Waals surface area contributed by atoms with Crippen LogP contribution in [-0.2, 0) is 9.47 Å². The van der Waals surface area contributed by atoms with Crippen LogP contribution in [0.5, 0.6) is 5.75 Å². The van der Waals surface area contributed by atoms with E-state index in [0.717, 1.165) is 18.3 Å². The number of piperazine rings is 1. The van der Waals surface area contributed by atoms with Gasteiger partial charge in [-0.2, -0.15) is 0 Å². The molecule has 7 nitrogen and oxygen atoms in total. The Balaban J connectivity index is 1.88. The highest BCUT2D eigenvalue weighted by molar-refractivity contribution is 6.76. The van der Waals surface area contributed by atoms with Crippen LogP contribution in [0, 0.1) is 0 Å². The minimum atomic E-state index is -1.09. The summed E-state index contributed by atoms with van der Waals surface area (Å²) in [6.45, 7) is 17.6. The van der Waals surface area contributed by atoms with Crippen LogP contribution in [0.1, 0.15) is 27.7 Å². The van der Waals surface area contributed by atoms with Crippen molar-refractivity contribution in [2.24, 2.45) is 0 Å². The maximum Gasteiger partial charge on any atom is 0.410 e. The van der Waals surface area contributed by atoms with Gasteiger partial charge in [0, 0.05) is 46.4 Å². The number of amides is 1. The second-order valence-corrected chi connectivity index (χ2v) is 15.8. The maximum absolute atomic E-state index is 12.4. The van der Waals surface area contributed by atoms with Gasteiger partial charge in [0.25, 0.3) is 0 Å². The van der Waals surface area contributed by atoms with Gasteiger partial charge in [-0.3, -0.25) is 0 Å². The molecule has 0 aromatic heterocycles. The van der Waals surface area contributed by atoms with E-state index in [-0.39, 0.29) is 18.9 Å². The molecule has 1 aromatic rings. The molecular formula is C22H39N3O4Si. The zero-order valence-corrected chi connectivity index (χ0v) is 20.7. The van der Waals surface area contributed by atoms with E-state index in [1.165, 1.54) is 0 Å². The zero-order chi connectivity index (χ0) is 22.5. The summed E-state index contributed by atoms with van der Waals surface area (Å²) in [4.78, 5) is 16.4. The Hall–Kier alpha value is -1.93. The maximum atomic E-state index is 12.4. The molecule has 1 saturated heterocycles. The third-order valence-electron chi connectivity index (χ3n) is 4.90. The fourth-order valence-corrected chi connectivity index (χ4v) is 3.98. The fraction of sp³-hybridized carbons (Fsp3) is 0.682. The normalized spacial score (nSPS) is 17.8. The molecule has 0 radical (unpaired) electrons. The van der Waals surface area contributed by atoms with Gasteiger partial charge in [-0.15, -0.1) is 0 Å². The summed E-state index contributed by atoms with van der Waals surface area (Å²) in [5, 5.41) is 0. The van der Waals surface area contributed by atoms with E-state index in [4.69, 9.17) is 19.9 Å². The van der Waals surface area contributed by atoms with Crippen LogP contribution >= 0.6 is 0 Å². The molecular weight excluding hydrogens is 398 g/mol. The van der Waals surface area contributed by atoms with Gasteiger partial charge in [0.15, 0.2) is 6.79 Å². The Morgan fingerprint density at radius 1 is 1.23 bits per heavy atom. The van der Waals surface area contributed by atoms with Crippen molar-refractivity contribution >= 4 is 25.5 Å². The van der Waals surface area contributed by atoms with Crippen molar-refractivity contribution in [1.82, 2.24) is 4.90 Å². The minimum absolute atomic E-state index is 0.0312. The van der Waals surface area contributed by atoms with Gasteiger partial charge in [0.05, 0.1) is 11.4 Å². The number of benzene rings is 1. The molecule has 0 unspecified atom stereocenters. The average molecular weight is 438 g/mol. The van der Waals surface area contributed by atoms with Gasteiger partial charge in [-0.25, -0.2) is 4.79 Å². The van der Waals surface area contributed by atoms with Gasteiger partial charge in [0.2, 0.25) is 0 Å². The molecule has 1 aliphatic rings. The Labute approximate surface area is 182 Å². The Bertz CT molecular complexity index is 715. The molecule has 2 rings (SSSR count).